The number of aryl methyl sites for hydroxylation is 1. The van der Waals surface area contributed by atoms with Gasteiger partial charge in [-0.05, 0) is 31.0 Å². The standard InChI is InChI=1S/C13H17N3O2/c1-9-4-2-3-5-10(9)8-12-15-13(18-16-12)11(17)6-7-14/h2-5,11,17H,6-8,14H2,1H3/t11-/m0/s1. The van der Waals surface area contributed by atoms with Crippen molar-refractivity contribution in [3.8, 4) is 0 Å². The zero-order chi connectivity index (χ0) is 13.0. The molecule has 0 spiro atoms. The molecule has 0 radical (unpaired) electrons. The van der Waals surface area contributed by atoms with E-state index in [-0.39, 0.29) is 5.89 Å². The molecular formula is C13H17N3O2. The molecule has 1 aromatic heterocycles. The summed E-state index contributed by atoms with van der Waals surface area (Å²) in [4.78, 5) is 4.18. The van der Waals surface area contributed by atoms with Crippen LogP contribution in [0, 0.1) is 6.92 Å². The lowest BCUT2D eigenvalue weighted by Crippen LogP contribution is -2.07. The third-order valence-corrected chi connectivity index (χ3v) is 2.82. The van der Waals surface area contributed by atoms with Crippen LogP contribution in [0.5, 0.6) is 0 Å². The molecule has 0 aliphatic rings. The molecule has 0 unspecified atom stereocenters. The number of hydrogen-bond acceptors (Lipinski definition) is 5. The van der Waals surface area contributed by atoms with Gasteiger partial charge in [0.1, 0.15) is 6.10 Å². The normalized spacial score (nSPS) is 12.6. The van der Waals surface area contributed by atoms with Crippen LogP contribution in [0.2, 0.25) is 0 Å². The molecular weight excluding hydrogens is 230 g/mol. The first-order valence-corrected chi connectivity index (χ1v) is 5.96. The number of rotatable bonds is 5. The van der Waals surface area contributed by atoms with Crippen LogP contribution in [-0.2, 0) is 6.42 Å². The van der Waals surface area contributed by atoms with E-state index in [4.69, 9.17) is 10.3 Å². The third-order valence-electron chi connectivity index (χ3n) is 2.82. The average Bonchev–Trinajstić information content (AvgIpc) is 2.81. The summed E-state index contributed by atoms with van der Waals surface area (Å²) in [7, 11) is 0. The summed E-state index contributed by atoms with van der Waals surface area (Å²) in [6.07, 6.45) is 0.255. The molecule has 5 heteroatoms. The average molecular weight is 247 g/mol. The summed E-state index contributed by atoms with van der Waals surface area (Å²) < 4.78 is 5.02. The van der Waals surface area contributed by atoms with E-state index in [1.165, 1.54) is 5.56 Å². The lowest BCUT2D eigenvalue weighted by Gasteiger charge is -2.02. The molecule has 0 aliphatic carbocycles. The highest BCUT2D eigenvalue weighted by atomic mass is 16.5. The minimum atomic E-state index is -0.770. The van der Waals surface area contributed by atoms with Crippen molar-refractivity contribution in [2.45, 2.75) is 25.9 Å². The first-order valence-electron chi connectivity index (χ1n) is 5.96. The second-order valence-corrected chi connectivity index (χ2v) is 4.25. The fourth-order valence-corrected chi connectivity index (χ4v) is 1.73. The van der Waals surface area contributed by atoms with Gasteiger partial charge in [0.15, 0.2) is 5.82 Å². The summed E-state index contributed by atoms with van der Waals surface area (Å²) >= 11 is 0. The van der Waals surface area contributed by atoms with Gasteiger partial charge in [0.05, 0.1) is 0 Å². The van der Waals surface area contributed by atoms with Crippen molar-refractivity contribution in [3.05, 3.63) is 47.1 Å². The molecule has 0 bridgehead atoms. The first kappa shape index (κ1) is 12.7. The van der Waals surface area contributed by atoms with Gasteiger partial charge in [-0.3, -0.25) is 0 Å². The Balaban J connectivity index is 2.09. The van der Waals surface area contributed by atoms with Crippen LogP contribution in [0.25, 0.3) is 0 Å². The van der Waals surface area contributed by atoms with Crippen molar-refractivity contribution in [1.29, 1.82) is 0 Å². The number of nitrogens with zero attached hydrogens (tertiary/aromatic N) is 2. The summed E-state index contributed by atoms with van der Waals surface area (Å²) in [5.74, 6) is 0.819. The maximum absolute atomic E-state index is 9.68. The molecule has 2 rings (SSSR count). The number of aliphatic hydroxyl groups is 1. The van der Waals surface area contributed by atoms with E-state index >= 15 is 0 Å². The Labute approximate surface area is 106 Å². The van der Waals surface area contributed by atoms with Crippen LogP contribution in [0.15, 0.2) is 28.8 Å². The number of hydrogen-bond donors (Lipinski definition) is 2. The molecule has 0 amide bonds. The van der Waals surface area contributed by atoms with E-state index < -0.39 is 6.10 Å². The summed E-state index contributed by atoms with van der Waals surface area (Å²) in [5, 5.41) is 13.5. The van der Waals surface area contributed by atoms with Gasteiger partial charge in [0, 0.05) is 6.42 Å². The van der Waals surface area contributed by atoms with Crippen molar-refractivity contribution < 1.29 is 9.63 Å². The van der Waals surface area contributed by atoms with Gasteiger partial charge < -0.3 is 15.4 Å². The van der Waals surface area contributed by atoms with Crippen LogP contribution in [0.1, 0.15) is 35.4 Å². The molecule has 0 fully saturated rings. The summed E-state index contributed by atoms with van der Waals surface area (Å²) in [5.41, 5.74) is 7.70. The molecule has 96 valence electrons. The van der Waals surface area contributed by atoms with Crippen LogP contribution in [0.4, 0.5) is 0 Å². The van der Waals surface area contributed by atoms with E-state index in [1.807, 2.05) is 31.2 Å². The highest BCUT2D eigenvalue weighted by Crippen LogP contribution is 2.16. The predicted molar refractivity (Wildman–Crippen MR) is 66.9 cm³/mol. The van der Waals surface area contributed by atoms with Gasteiger partial charge in [-0.25, -0.2) is 0 Å². The maximum Gasteiger partial charge on any atom is 0.255 e. The fraction of sp³-hybridized carbons (Fsp3) is 0.385. The third kappa shape index (κ3) is 2.94. The molecule has 0 aliphatic heterocycles. The Morgan fingerprint density at radius 3 is 2.89 bits per heavy atom. The van der Waals surface area contributed by atoms with Gasteiger partial charge >= 0.3 is 0 Å². The molecule has 18 heavy (non-hydrogen) atoms. The molecule has 0 saturated carbocycles. The van der Waals surface area contributed by atoms with Crippen molar-refractivity contribution in [2.75, 3.05) is 6.54 Å². The number of aromatic nitrogens is 2. The summed E-state index contributed by atoms with van der Waals surface area (Å²) in [6.45, 7) is 2.43. The van der Waals surface area contributed by atoms with E-state index in [0.29, 0.717) is 25.2 Å². The second-order valence-electron chi connectivity index (χ2n) is 4.25. The zero-order valence-electron chi connectivity index (χ0n) is 10.3. The lowest BCUT2D eigenvalue weighted by molar-refractivity contribution is 0.127. The highest BCUT2D eigenvalue weighted by Gasteiger charge is 2.15. The van der Waals surface area contributed by atoms with Gasteiger partial charge in [0.2, 0.25) is 0 Å². The van der Waals surface area contributed by atoms with Crippen LogP contribution in [0.3, 0.4) is 0 Å². The molecule has 1 atom stereocenters. The maximum atomic E-state index is 9.68. The highest BCUT2D eigenvalue weighted by molar-refractivity contribution is 5.27. The number of nitrogens with two attached hydrogens (primary N) is 1. The van der Waals surface area contributed by atoms with E-state index in [1.54, 1.807) is 0 Å². The topological polar surface area (TPSA) is 85.2 Å². The Hall–Kier alpha value is -1.72. The zero-order valence-corrected chi connectivity index (χ0v) is 10.3. The smallest absolute Gasteiger partial charge is 0.255 e. The Bertz CT molecular complexity index is 510. The predicted octanol–water partition coefficient (Wildman–Crippen LogP) is 1.35. The Morgan fingerprint density at radius 2 is 2.17 bits per heavy atom. The number of benzene rings is 1. The molecule has 2 aromatic rings. The second kappa shape index (κ2) is 5.75. The van der Waals surface area contributed by atoms with Crippen molar-refractivity contribution in [2.24, 2.45) is 5.73 Å². The van der Waals surface area contributed by atoms with Gasteiger partial charge in [-0.2, -0.15) is 4.98 Å². The van der Waals surface area contributed by atoms with Crippen molar-refractivity contribution in [1.82, 2.24) is 10.1 Å². The first-order chi connectivity index (χ1) is 8.70. The minimum Gasteiger partial charge on any atom is -0.383 e. The van der Waals surface area contributed by atoms with E-state index in [2.05, 4.69) is 10.1 Å². The van der Waals surface area contributed by atoms with Gasteiger partial charge in [-0.15, -0.1) is 0 Å². The molecule has 5 nitrogen and oxygen atoms in total. The van der Waals surface area contributed by atoms with Crippen molar-refractivity contribution >= 4 is 0 Å². The van der Waals surface area contributed by atoms with Crippen molar-refractivity contribution in [3.63, 3.8) is 0 Å². The molecule has 3 N–H and O–H groups in total. The van der Waals surface area contributed by atoms with Gasteiger partial charge in [-0.1, -0.05) is 29.4 Å². The molecule has 1 aromatic carbocycles. The monoisotopic (exact) mass is 247 g/mol. The SMILES string of the molecule is Cc1ccccc1Cc1noc([C@@H](O)CCN)n1. The van der Waals surface area contributed by atoms with Crippen LogP contribution >= 0.6 is 0 Å². The van der Waals surface area contributed by atoms with Crippen LogP contribution in [-0.4, -0.2) is 21.8 Å². The summed E-state index contributed by atoms with van der Waals surface area (Å²) in [6, 6.07) is 8.04. The largest absolute Gasteiger partial charge is 0.383 e. The Kier molecular flexibility index (Phi) is 4.07. The minimum absolute atomic E-state index is 0.240. The lowest BCUT2D eigenvalue weighted by atomic mass is 10.1. The molecule has 1 heterocycles. The van der Waals surface area contributed by atoms with E-state index in [0.717, 1.165) is 5.56 Å². The Morgan fingerprint density at radius 1 is 1.39 bits per heavy atom. The van der Waals surface area contributed by atoms with E-state index in [9.17, 15) is 5.11 Å². The van der Waals surface area contributed by atoms with Crippen LogP contribution < -0.4 is 5.73 Å². The fourth-order valence-electron chi connectivity index (χ4n) is 1.73. The molecule has 0 saturated heterocycles. The quantitative estimate of drug-likeness (QED) is 0.833. The van der Waals surface area contributed by atoms with Gasteiger partial charge in [0.25, 0.3) is 5.89 Å². The number of aliphatic hydroxyl groups excluding tert-OH is 1.